The Labute approximate surface area is 128 Å². The molecule has 0 spiro atoms. The Balaban J connectivity index is 1.85. The van der Waals surface area contributed by atoms with E-state index in [-0.39, 0.29) is 26.4 Å². The molecule has 0 radical (unpaired) electrons. The van der Waals surface area contributed by atoms with Crippen LogP contribution in [-0.4, -0.2) is 43.3 Å². The van der Waals surface area contributed by atoms with Gasteiger partial charge in [0.15, 0.2) is 0 Å². The van der Waals surface area contributed by atoms with E-state index < -0.39 is 11.8 Å². The number of nitrogens with one attached hydrogen (secondary N) is 2. The summed E-state index contributed by atoms with van der Waals surface area (Å²) in [4.78, 5) is 23.4. The summed E-state index contributed by atoms with van der Waals surface area (Å²) in [5.41, 5.74) is 0.565. The van der Waals surface area contributed by atoms with Gasteiger partial charge in [-0.15, -0.1) is 0 Å². The lowest BCUT2D eigenvalue weighted by Gasteiger charge is -2.07. The number of hydrogen-bond donors (Lipinski definition) is 3. The molecule has 0 aliphatic rings. The van der Waals surface area contributed by atoms with Gasteiger partial charge in [0, 0.05) is 12.2 Å². The van der Waals surface area contributed by atoms with Crippen molar-refractivity contribution in [3.63, 3.8) is 0 Å². The predicted octanol–water partition coefficient (Wildman–Crippen LogP) is 0.903. The lowest BCUT2D eigenvalue weighted by Crippen LogP contribution is -2.37. The molecule has 2 aromatic carbocycles. The molecule has 0 aromatic heterocycles. The van der Waals surface area contributed by atoms with E-state index in [1.165, 1.54) is 0 Å². The number of rotatable bonds is 6. The molecule has 0 bridgehead atoms. The molecular formula is C16H18N2O4. The number of amides is 2. The van der Waals surface area contributed by atoms with Crippen LogP contribution in [0.1, 0.15) is 0 Å². The SMILES string of the molecule is O=C(NCCOCCO)C(=O)Nc1ccc2ccccc2c1. The highest BCUT2D eigenvalue weighted by atomic mass is 16.5. The summed E-state index contributed by atoms with van der Waals surface area (Å²) in [5.74, 6) is -1.45. The molecule has 6 heteroatoms. The minimum Gasteiger partial charge on any atom is -0.394 e. The summed E-state index contributed by atoms with van der Waals surface area (Å²) < 4.78 is 4.98. The summed E-state index contributed by atoms with van der Waals surface area (Å²) in [6, 6.07) is 13.2. The molecule has 6 nitrogen and oxygen atoms in total. The largest absolute Gasteiger partial charge is 0.394 e. The number of anilines is 1. The van der Waals surface area contributed by atoms with Crippen molar-refractivity contribution in [1.29, 1.82) is 0 Å². The van der Waals surface area contributed by atoms with E-state index in [0.29, 0.717) is 5.69 Å². The van der Waals surface area contributed by atoms with Crippen LogP contribution in [0, 0.1) is 0 Å². The smallest absolute Gasteiger partial charge is 0.313 e. The van der Waals surface area contributed by atoms with E-state index in [1.54, 1.807) is 6.07 Å². The summed E-state index contributed by atoms with van der Waals surface area (Å²) in [6.07, 6.45) is 0. The minimum absolute atomic E-state index is 0.0730. The molecule has 3 N–H and O–H groups in total. The summed E-state index contributed by atoms with van der Waals surface area (Å²) in [7, 11) is 0. The second-order valence-corrected chi connectivity index (χ2v) is 4.61. The lowest BCUT2D eigenvalue weighted by atomic mass is 10.1. The molecule has 116 valence electrons. The summed E-state index contributed by atoms with van der Waals surface area (Å²) in [6.45, 7) is 0.592. The highest BCUT2D eigenvalue weighted by Crippen LogP contribution is 2.18. The van der Waals surface area contributed by atoms with Crippen molar-refractivity contribution >= 4 is 28.3 Å². The fourth-order valence-corrected chi connectivity index (χ4v) is 1.94. The van der Waals surface area contributed by atoms with Crippen molar-refractivity contribution in [1.82, 2.24) is 5.32 Å². The first-order chi connectivity index (χ1) is 10.7. The number of aliphatic hydroxyl groups excluding tert-OH is 1. The van der Waals surface area contributed by atoms with Crippen LogP contribution in [0.2, 0.25) is 0 Å². The normalized spacial score (nSPS) is 10.4. The zero-order chi connectivity index (χ0) is 15.8. The summed E-state index contributed by atoms with van der Waals surface area (Å²) in [5, 5.41) is 15.6. The second kappa shape index (κ2) is 8.11. The number of ether oxygens (including phenoxy) is 1. The summed E-state index contributed by atoms with van der Waals surface area (Å²) >= 11 is 0. The number of benzene rings is 2. The van der Waals surface area contributed by atoms with Crippen molar-refractivity contribution in [2.45, 2.75) is 0 Å². The van der Waals surface area contributed by atoms with E-state index in [4.69, 9.17) is 9.84 Å². The lowest BCUT2D eigenvalue weighted by molar-refractivity contribution is -0.136. The molecule has 0 saturated carbocycles. The van der Waals surface area contributed by atoms with Gasteiger partial charge in [-0.25, -0.2) is 0 Å². The molecule has 0 atom stereocenters. The van der Waals surface area contributed by atoms with Crippen LogP contribution in [0.3, 0.4) is 0 Å². The van der Waals surface area contributed by atoms with Gasteiger partial charge in [-0.3, -0.25) is 9.59 Å². The fourth-order valence-electron chi connectivity index (χ4n) is 1.94. The monoisotopic (exact) mass is 302 g/mol. The van der Waals surface area contributed by atoms with Crippen LogP contribution in [0.5, 0.6) is 0 Å². The highest BCUT2D eigenvalue weighted by molar-refractivity contribution is 6.39. The quantitative estimate of drug-likeness (QED) is 0.546. The third-order valence-electron chi connectivity index (χ3n) is 2.98. The van der Waals surface area contributed by atoms with Crippen molar-refractivity contribution in [3.8, 4) is 0 Å². The number of hydrogen-bond acceptors (Lipinski definition) is 4. The maximum Gasteiger partial charge on any atom is 0.313 e. The Morgan fingerprint density at radius 2 is 1.77 bits per heavy atom. The van der Waals surface area contributed by atoms with Gasteiger partial charge in [0.2, 0.25) is 0 Å². The third kappa shape index (κ3) is 4.54. The van der Waals surface area contributed by atoms with Gasteiger partial charge in [0.05, 0.1) is 19.8 Å². The van der Waals surface area contributed by atoms with Gasteiger partial charge in [-0.1, -0.05) is 30.3 Å². The van der Waals surface area contributed by atoms with Gasteiger partial charge >= 0.3 is 11.8 Å². The topological polar surface area (TPSA) is 87.7 Å². The number of carbonyl (C=O) groups excluding carboxylic acids is 2. The van der Waals surface area contributed by atoms with Crippen LogP contribution in [0.4, 0.5) is 5.69 Å². The Morgan fingerprint density at radius 1 is 1.00 bits per heavy atom. The van der Waals surface area contributed by atoms with Gasteiger partial charge < -0.3 is 20.5 Å². The zero-order valence-corrected chi connectivity index (χ0v) is 12.0. The molecule has 0 saturated heterocycles. The van der Waals surface area contributed by atoms with Crippen molar-refractivity contribution in [2.75, 3.05) is 31.7 Å². The standard InChI is InChI=1S/C16H18N2O4/c19-8-10-22-9-7-17-15(20)16(21)18-14-6-5-12-3-1-2-4-13(12)11-14/h1-6,11,19H,7-10H2,(H,17,20)(H,18,21). The van der Waals surface area contributed by atoms with Gasteiger partial charge in [0.25, 0.3) is 0 Å². The third-order valence-corrected chi connectivity index (χ3v) is 2.98. The number of fused-ring (bicyclic) bond motifs is 1. The van der Waals surface area contributed by atoms with Gasteiger partial charge in [-0.2, -0.15) is 0 Å². The average molecular weight is 302 g/mol. The number of carbonyl (C=O) groups is 2. The molecule has 0 fully saturated rings. The van der Waals surface area contributed by atoms with Gasteiger partial charge in [0.1, 0.15) is 0 Å². The van der Waals surface area contributed by atoms with E-state index in [9.17, 15) is 9.59 Å². The molecule has 2 rings (SSSR count). The Hall–Kier alpha value is -2.44. The Morgan fingerprint density at radius 3 is 2.55 bits per heavy atom. The van der Waals surface area contributed by atoms with Crippen LogP contribution >= 0.6 is 0 Å². The van der Waals surface area contributed by atoms with Crippen LogP contribution in [0.25, 0.3) is 10.8 Å². The Bertz CT molecular complexity index is 657. The van der Waals surface area contributed by atoms with E-state index in [1.807, 2.05) is 36.4 Å². The van der Waals surface area contributed by atoms with E-state index >= 15 is 0 Å². The van der Waals surface area contributed by atoms with Crippen LogP contribution < -0.4 is 10.6 Å². The van der Waals surface area contributed by atoms with Crippen LogP contribution in [0.15, 0.2) is 42.5 Å². The van der Waals surface area contributed by atoms with Crippen molar-refractivity contribution in [2.24, 2.45) is 0 Å². The predicted molar refractivity (Wildman–Crippen MR) is 83.5 cm³/mol. The molecule has 2 aromatic rings. The molecule has 0 aliphatic carbocycles. The fraction of sp³-hybridized carbons (Fsp3) is 0.250. The highest BCUT2D eigenvalue weighted by Gasteiger charge is 2.13. The van der Waals surface area contributed by atoms with Crippen LogP contribution in [-0.2, 0) is 14.3 Å². The maximum atomic E-state index is 11.8. The van der Waals surface area contributed by atoms with Gasteiger partial charge in [-0.05, 0) is 22.9 Å². The molecule has 0 heterocycles. The molecule has 0 aliphatic heterocycles. The van der Waals surface area contributed by atoms with E-state index in [0.717, 1.165) is 10.8 Å². The first kappa shape index (κ1) is 15.9. The molecular weight excluding hydrogens is 284 g/mol. The van der Waals surface area contributed by atoms with Crippen molar-refractivity contribution < 1.29 is 19.4 Å². The minimum atomic E-state index is -0.725. The average Bonchev–Trinajstić information content (AvgIpc) is 2.54. The number of aliphatic hydroxyl groups is 1. The molecule has 0 unspecified atom stereocenters. The molecule has 22 heavy (non-hydrogen) atoms. The van der Waals surface area contributed by atoms with E-state index in [2.05, 4.69) is 10.6 Å². The maximum absolute atomic E-state index is 11.8. The first-order valence-corrected chi connectivity index (χ1v) is 6.97. The zero-order valence-electron chi connectivity index (χ0n) is 12.0. The Kier molecular flexibility index (Phi) is 5.88. The second-order valence-electron chi connectivity index (χ2n) is 4.61. The molecule has 2 amide bonds. The van der Waals surface area contributed by atoms with Crippen molar-refractivity contribution in [3.05, 3.63) is 42.5 Å². The first-order valence-electron chi connectivity index (χ1n) is 6.97.